The normalized spacial score (nSPS) is 28.3. The summed E-state index contributed by atoms with van der Waals surface area (Å²) in [6.45, 7) is 1.65. The minimum Gasteiger partial charge on any atom is -0.285 e. The van der Waals surface area contributed by atoms with E-state index in [9.17, 15) is 22.8 Å². The van der Waals surface area contributed by atoms with Crippen LogP contribution in [0.3, 0.4) is 0 Å². The molecule has 2 saturated heterocycles. The van der Waals surface area contributed by atoms with Crippen LogP contribution in [0.4, 0.5) is 23.7 Å². The van der Waals surface area contributed by atoms with E-state index in [2.05, 4.69) is 15.6 Å². The first-order valence-electron chi connectivity index (χ1n) is 7.17. The highest BCUT2D eigenvalue weighted by molar-refractivity contribution is 6.07. The summed E-state index contributed by atoms with van der Waals surface area (Å²) in [6, 6.07) is 0.684. The number of aromatic nitrogens is 1. The number of hydrogen-bond acceptors (Lipinski definition) is 4. The molecule has 2 aliphatic rings. The minimum atomic E-state index is -4.43. The Morgan fingerprint density at radius 3 is 2.70 bits per heavy atom. The molecule has 0 bridgehead atoms. The zero-order chi connectivity index (χ0) is 16.8. The molecule has 2 N–H and O–H groups in total. The van der Waals surface area contributed by atoms with Gasteiger partial charge < -0.3 is 0 Å². The van der Waals surface area contributed by atoms with Crippen LogP contribution >= 0.6 is 0 Å². The molecule has 0 aliphatic carbocycles. The summed E-state index contributed by atoms with van der Waals surface area (Å²) in [4.78, 5) is 29.4. The number of carbonyl (C=O) groups is 2. The Kier molecular flexibility index (Phi) is 3.75. The molecule has 3 unspecified atom stereocenters. The van der Waals surface area contributed by atoms with Crippen molar-refractivity contribution < 1.29 is 22.8 Å². The van der Waals surface area contributed by atoms with E-state index in [1.54, 1.807) is 19.1 Å². The van der Waals surface area contributed by atoms with Crippen molar-refractivity contribution in [3.8, 4) is 0 Å². The Morgan fingerprint density at radius 2 is 2.04 bits per heavy atom. The topological polar surface area (TPSA) is 74.3 Å². The number of anilines is 1. The van der Waals surface area contributed by atoms with Gasteiger partial charge in [0.15, 0.2) is 0 Å². The smallest absolute Gasteiger partial charge is 0.285 e. The molecule has 3 amide bonds. The maximum atomic E-state index is 13.0. The number of rotatable bonds is 1. The van der Waals surface area contributed by atoms with E-state index in [1.807, 2.05) is 0 Å². The molecule has 2 fully saturated rings. The van der Waals surface area contributed by atoms with Crippen molar-refractivity contribution in [1.29, 1.82) is 0 Å². The van der Waals surface area contributed by atoms with E-state index < -0.39 is 36.2 Å². The number of imide groups is 1. The number of hydrogen-bond donors (Lipinski definition) is 2. The van der Waals surface area contributed by atoms with Crippen molar-refractivity contribution in [2.24, 2.45) is 5.92 Å². The minimum absolute atomic E-state index is 0.0523. The fraction of sp³-hybridized carbons (Fsp3) is 0.500. The largest absolute Gasteiger partial charge is 0.403 e. The molecule has 0 saturated carbocycles. The molecule has 23 heavy (non-hydrogen) atoms. The van der Waals surface area contributed by atoms with Gasteiger partial charge in [-0.05, 0) is 31.9 Å². The lowest BCUT2D eigenvalue weighted by atomic mass is 9.88. The lowest BCUT2D eigenvalue weighted by molar-refractivity contribution is -0.168. The highest BCUT2D eigenvalue weighted by Gasteiger charge is 2.51. The van der Waals surface area contributed by atoms with Gasteiger partial charge >= 0.3 is 12.2 Å². The molecule has 0 aromatic carbocycles. The van der Waals surface area contributed by atoms with Gasteiger partial charge in [-0.3, -0.25) is 25.3 Å². The van der Waals surface area contributed by atoms with E-state index in [1.165, 1.54) is 6.20 Å². The number of piperidine rings is 1. The molecular formula is C14H15F3N4O2. The van der Waals surface area contributed by atoms with Crippen molar-refractivity contribution in [2.45, 2.75) is 38.1 Å². The summed E-state index contributed by atoms with van der Waals surface area (Å²) in [5, 5.41) is 4.63. The number of urea groups is 1. The first-order valence-corrected chi connectivity index (χ1v) is 7.17. The van der Waals surface area contributed by atoms with Crippen LogP contribution in [-0.2, 0) is 4.79 Å². The zero-order valence-corrected chi connectivity index (χ0v) is 12.2. The highest BCUT2D eigenvalue weighted by atomic mass is 19.4. The maximum absolute atomic E-state index is 13.0. The van der Waals surface area contributed by atoms with Gasteiger partial charge in [-0.2, -0.15) is 13.2 Å². The molecule has 3 atom stereocenters. The zero-order valence-electron chi connectivity index (χ0n) is 12.2. The molecule has 9 heteroatoms. The van der Waals surface area contributed by atoms with E-state index in [0.717, 1.165) is 4.90 Å². The van der Waals surface area contributed by atoms with Crippen LogP contribution in [0.15, 0.2) is 18.3 Å². The second-order valence-electron chi connectivity index (χ2n) is 5.66. The first-order chi connectivity index (χ1) is 10.8. The summed E-state index contributed by atoms with van der Waals surface area (Å²) < 4.78 is 39.1. The molecule has 1 aromatic heterocycles. The predicted molar refractivity (Wildman–Crippen MR) is 74.5 cm³/mol. The van der Waals surface area contributed by atoms with E-state index >= 15 is 0 Å². The monoisotopic (exact) mass is 328 g/mol. The first kappa shape index (κ1) is 15.7. The van der Waals surface area contributed by atoms with Crippen molar-refractivity contribution >= 4 is 17.6 Å². The van der Waals surface area contributed by atoms with Crippen LogP contribution in [0.1, 0.15) is 18.5 Å². The fourth-order valence-corrected chi connectivity index (χ4v) is 3.07. The van der Waals surface area contributed by atoms with Crippen LogP contribution in [0.25, 0.3) is 0 Å². The number of nitrogens with one attached hydrogen (secondary N) is 2. The Balaban J connectivity index is 1.98. The number of carbonyl (C=O) groups excluding carboxylic acids is 2. The third kappa shape index (κ3) is 2.76. The molecule has 1 aromatic rings. The van der Waals surface area contributed by atoms with Crippen molar-refractivity contribution in [3.05, 3.63) is 24.0 Å². The van der Waals surface area contributed by atoms with Crippen LogP contribution in [0.2, 0.25) is 0 Å². The average Bonchev–Trinajstić information content (AvgIpc) is 2.47. The van der Waals surface area contributed by atoms with Gasteiger partial charge in [-0.15, -0.1) is 0 Å². The third-order valence-electron chi connectivity index (χ3n) is 4.22. The molecule has 124 valence electrons. The molecule has 0 radical (unpaired) electrons. The summed E-state index contributed by atoms with van der Waals surface area (Å²) in [7, 11) is 0. The number of amides is 3. The van der Waals surface area contributed by atoms with Crippen molar-refractivity contribution in [1.82, 2.24) is 15.6 Å². The number of halogens is 3. The number of fused-ring (bicyclic) bond motifs is 1. The number of aryl methyl sites for hydroxylation is 1. The van der Waals surface area contributed by atoms with Gasteiger partial charge in [0.1, 0.15) is 12.2 Å². The number of nitrogens with zero attached hydrogens (tertiary/aromatic N) is 2. The molecule has 3 heterocycles. The lowest BCUT2D eigenvalue weighted by Gasteiger charge is -2.46. The summed E-state index contributed by atoms with van der Waals surface area (Å²) >= 11 is 0. The Hall–Kier alpha value is -2.16. The summed E-state index contributed by atoms with van der Waals surface area (Å²) in [5.41, 5.74) is 0.870. The van der Waals surface area contributed by atoms with Crippen molar-refractivity contribution in [3.63, 3.8) is 0 Å². The standard InChI is InChI=1S/C14H15F3N4O2/c1-7-9(3-2-6-18-7)21-11-8(12(22)20-13(21)23)4-5-10(19-11)14(15,16)17/h2-3,6,8,10-11,19H,4-5H2,1H3,(H,20,22,23). The molecule has 6 nitrogen and oxygen atoms in total. The molecule has 0 spiro atoms. The van der Waals surface area contributed by atoms with Gasteiger partial charge in [0.2, 0.25) is 5.91 Å². The SMILES string of the molecule is Cc1ncccc1N1C(=O)NC(=O)C2CCC(C(F)(F)F)NC21. The summed E-state index contributed by atoms with van der Waals surface area (Å²) in [6.07, 6.45) is -4.10. The Bertz CT molecular complexity index is 649. The molecule has 3 rings (SSSR count). The Labute approximate surface area is 130 Å². The van der Waals surface area contributed by atoms with Crippen LogP contribution in [0, 0.1) is 12.8 Å². The van der Waals surface area contributed by atoms with Gasteiger partial charge in [-0.25, -0.2) is 4.79 Å². The van der Waals surface area contributed by atoms with Crippen LogP contribution in [-0.4, -0.2) is 35.3 Å². The van der Waals surface area contributed by atoms with Gasteiger partial charge in [0, 0.05) is 6.20 Å². The summed E-state index contributed by atoms with van der Waals surface area (Å²) in [5.74, 6) is -1.28. The highest BCUT2D eigenvalue weighted by Crippen LogP contribution is 2.35. The number of alkyl halides is 3. The maximum Gasteiger partial charge on any atom is 0.403 e. The van der Waals surface area contributed by atoms with Gasteiger partial charge in [0.25, 0.3) is 0 Å². The second-order valence-corrected chi connectivity index (χ2v) is 5.66. The fourth-order valence-electron chi connectivity index (χ4n) is 3.07. The van der Waals surface area contributed by atoms with Crippen LogP contribution < -0.4 is 15.5 Å². The van der Waals surface area contributed by atoms with Gasteiger partial charge in [-0.1, -0.05) is 0 Å². The van der Waals surface area contributed by atoms with Gasteiger partial charge in [0.05, 0.1) is 17.3 Å². The Morgan fingerprint density at radius 1 is 1.30 bits per heavy atom. The van der Waals surface area contributed by atoms with E-state index in [4.69, 9.17) is 0 Å². The third-order valence-corrected chi connectivity index (χ3v) is 4.22. The predicted octanol–water partition coefficient (Wildman–Crippen LogP) is 1.70. The molecular weight excluding hydrogens is 313 g/mol. The second kappa shape index (κ2) is 5.48. The average molecular weight is 328 g/mol. The van der Waals surface area contributed by atoms with E-state index in [-0.39, 0.29) is 12.8 Å². The number of pyridine rings is 1. The van der Waals surface area contributed by atoms with Crippen molar-refractivity contribution in [2.75, 3.05) is 4.90 Å². The lowest BCUT2D eigenvalue weighted by Crippen LogP contribution is -2.70. The molecule has 2 aliphatic heterocycles. The van der Waals surface area contributed by atoms with E-state index in [0.29, 0.717) is 11.4 Å². The van der Waals surface area contributed by atoms with Crippen LogP contribution in [0.5, 0.6) is 0 Å². The quantitative estimate of drug-likeness (QED) is 0.823.